The smallest absolute Gasteiger partial charge is 0.163 e. The number of nitrogens with zero attached hydrogens (tertiary/aromatic N) is 3. The molecule has 2 aromatic heterocycles. The number of fused-ring (bicyclic) bond motifs is 2. The van der Waals surface area contributed by atoms with Crippen LogP contribution >= 0.6 is 0 Å². The lowest BCUT2D eigenvalue weighted by Crippen LogP contribution is -2.01. The number of ether oxygens (including phenoxy) is 2. The average molecular weight is 285 g/mol. The molecule has 4 rings (SSSR count). The van der Waals surface area contributed by atoms with E-state index in [-0.39, 0.29) is 0 Å². The minimum Gasteiger partial charge on any atom is -0.489 e. The number of hydrogen-bond acceptors (Lipinski definition) is 5. The lowest BCUT2D eigenvalue weighted by Gasteiger charge is -2.05. The highest BCUT2D eigenvalue weighted by Gasteiger charge is 2.14. The number of aromatic nitrogens is 4. The van der Waals surface area contributed by atoms with Crippen LogP contribution in [0.25, 0.3) is 11.0 Å². The van der Waals surface area contributed by atoms with Crippen molar-refractivity contribution in [2.24, 2.45) is 0 Å². The third-order valence-electron chi connectivity index (χ3n) is 3.37. The number of hydrogen-bond donors (Lipinski definition) is 2. The molecule has 0 saturated heterocycles. The molecule has 0 unspecified atom stereocenters. The van der Waals surface area contributed by atoms with Gasteiger partial charge in [0, 0.05) is 24.8 Å². The molecule has 0 spiro atoms. The Hall–Kier alpha value is -2.70. The molecule has 0 bridgehead atoms. The second-order valence-corrected chi connectivity index (χ2v) is 5.02. The van der Waals surface area contributed by atoms with Gasteiger partial charge in [0.05, 0.1) is 42.7 Å². The van der Waals surface area contributed by atoms with Crippen molar-refractivity contribution in [2.75, 3.05) is 18.9 Å². The van der Waals surface area contributed by atoms with Crippen LogP contribution in [0.3, 0.4) is 0 Å². The van der Waals surface area contributed by atoms with E-state index >= 15 is 0 Å². The van der Waals surface area contributed by atoms with E-state index in [9.17, 15) is 0 Å². The molecule has 0 radical (unpaired) electrons. The standard InChI is InChI=1S/C14H15N5O2/c15-9-6-16-19(7-9)8-14-17-10-4-12-13(5-11(10)18-14)21-3-1-2-20-12/h4-7H,1-3,8,15H2,(H,17,18). The van der Waals surface area contributed by atoms with E-state index in [0.29, 0.717) is 25.4 Å². The number of nitrogens with two attached hydrogens (primary N) is 1. The molecule has 108 valence electrons. The molecule has 0 atom stereocenters. The monoisotopic (exact) mass is 285 g/mol. The molecule has 3 aromatic rings. The van der Waals surface area contributed by atoms with Gasteiger partial charge in [-0.05, 0) is 0 Å². The fourth-order valence-electron chi connectivity index (χ4n) is 2.41. The fourth-order valence-corrected chi connectivity index (χ4v) is 2.41. The maximum atomic E-state index is 5.68. The van der Waals surface area contributed by atoms with Crippen LogP contribution < -0.4 is 15.2 Å². The molecule has 3 heterocycles. The Morgan fingerprint density at radius 2 is 2.05 bits per heavy atom. The number of aromatic amines is 1. The third kappa shape index (κ3) is 2.26. The topological polar surface area (TPSA) is 91.0 Å². The van der Waals surface area contributed by atoms with Gasteiger partial charge in [-0.3, -0.25) is 4.68 Å². The zero-order chi connectivity index (χ0) is 14.2. The van der Waals surface area contributed by atoms with Crippen molar-refractivity contribution in [3.8, 4) is 11.5 Å². The summed E-state index contributed by atoms with van der Waals surface area (Å²) in [6.07, 6.45) is 4.28. The van der Waals surface area contributed by atoms with Gasteiger partial charge in [0.1, 0.15) is 5.82 Å². The SMILES string of the molecule is Nc1cnn(Cc2nc3cc4c(cc3[nH]2)OCCCO4)c1. The molecule has 21 heavy (non-hydrogen) atoms. The number of benzene rings is 1. The summed E-state index contributed by atoms with van der Waals surface area (Å²) in [6, 6.07) is 3.84. The molecule has 0 saturated carbocycles. The third-order valence-corrected chi connectivity index (χ3v) is 3.37. The molecule has 7 nitrogen and oxygen atoms in total. The van der Waals surface area contributed by atoms with Gasteiger partial charge in [0.25, 0.3) is 0 Å². The van der Waals surface area contributed by atoms with E-state index in [2.05, 4.69) is 15.1 Å². The molecule has 3 N–H and O–H groups in total. The Labute approximate surface area is 120 Å². The highest BCUT2D eigenvalue weighted by molar-refractivity contribution is 5.79. The largest absolute Gasteiger partial charge is 0.489 e. The zero-order valence-electron chi connectivity index (χ0n) is 11.4. The number of nitrogens with one attached hydrogen (secondary N) is 1. The van der Waals surface area contributed by atoms with Gasteiger partial charge in [0.15, 0.2) is 11.5 Å². The molecule has 1 aliphatic heterocycles. The first-order valence-corrected chi connectivity index (χ1v) is 6.84. The summed E-state index contributed by atoms with van der Waals surface area (Å²) in [5, 5.41) is 4.15. The second-order valence-electron chi connectivity index (χ2n) is 5.02. The van der Waals surface area contributed by atoms with E-state index in [1.807, 2.05) is 12.1 Å². The van der Waals surface area contributed by atoms with Gasteiger partial charge >= 0.3 is 0 Å². The second kappa shape index (κ2) is 4.69. The lowest BCUT2D eigenvalue weighted by molar-refractivity contribution is 0.297. The first-order chi connectivity index (χ1) is 10.3. The number of nitrogen functional groups attached to an aromatic ring is 1. The van der Waals surface area contributed by atoms with E-state index in [0.717, 1.165) is 34.8 Å². The number of rotatable bonds is 2. The van der Waals surface area contributed by atoms with Crippen molar-refractivity contribution in [3.63, 3.8) is 0 Å². The van der Waals surface area contributed by atoms with Crippen LogP contribution in [0.4, 0.5) is 5.69 Å². The van der Waals surface area contributed by atoms with E-state index in [1.165, 1.54) is 0 Å². The number of H-pyrrole nitrogens is 1. The molecule has 7 heteroatoms. The predicted octanol–water partition coefficient (Wildman–Crippen LogP) is 1.55. The van der Waals surface area contributed by atoms with Crippen molar-refractivity contribution in [2.45, 2.75) is 13.0 Å². The molecule has 0 aliphatic carbocycles. The molecular formula is C14H15N5O2. The number of imidazole rings is 1. The summed E-state index contributed by atoms with van der Waals surface area (Å²) in [6.45, 7) is 1.88. The van der Waals surface area contributed by atoms with Gasteiger partial charge in [-0.1, -0.05) is 0 Å². The zero-order valence-corrected chi connectivity index (χ0v) is 11.4. The minimum atomic E-state index is 0.540. The summed E-state index contributed by atoms with van der Waals surface area (Å²) in [7, 11) is 0. The van der Waals surface area contributed by atoms with Gasteiger partial charge in [0.2, 0.25) is 0 Å². The fraction of sp³-hybridized carbons (Fsp3) is 0.286. The van der Waals surface area contributed by atoms with Crippen molar-refractivity contribution >= 4 is 16.7 Å². The van der Waals surface area contributed by atoms with Crippen LogP contribution in [0.2, 0.25) is 0 Å². The van der Waals surface area contributed by atoms with Crippen LogP contribution in [0, 0.1) is 0 Å². The first-order valence-electron chi connectivity index (χ1n) is 6.84. The molecule has 0 fully saturated rings. The van der Waals surface area contributed by atoms with Crippen molar-refractivity contribution < 1.29 is 9.47 Å². The van der Waals surface area contributed by atoms with E-state index < -0.39 is 0 Å². The Morgan fingerprint density at radius 3 is 2.81 bits per heavy atom. The highest BCUT2D eigenvalue weighted by atomic mass is 16.5. The molecular weight excluding hydrogens is 270 g/mol. The molecule has 1 aromatic carbocycles. The maximum absolute atomic E-state index is 5.68. The van der Waals surface area contributed by atoms with Gasteiger partial charge in [-0.25, -0.2) is 4.98 Å². The summed E-state index contributed by atoms with van der Waals surface area (Å²) in [5.74, 6) is 2.33. The van der Waals surface area contributed by atoms with Crippen LogP contribution in [0.5, 0.6) is 11.5 Å². The normalized spacial score (nSPS) is 14.3. The first kappa shape index (κ1) is 12.1. The summed E-state index contributed by atoms with van der Waals surface area (Å²) < 4.78 is 13.1. The van der Waals surface area contributed by atoms with Crippen LogP contribution in [-0.2, 0) is 6.54 Å². The molecule has 1 aliphatic rings. The Balaban J connectivity index is 1.69. The maximum Gasteiger partial charge on any atom is 0.163 e. The Morgan fingerprint density at radius 1 is 1.24 bits per heavy atom. The van der Waals surface area contributed by atoms with Gasteiger partial charge < -0.3 is 20.2 Å². The predicted molar refractivity (Wildman–Crippen MR) is 77.4 cm³/mol. The lowest BCUT2D eigenvalue weighted by atomic mass is 10.3. The summed E-state index contributed by atoms with van der Waals surface area (Å²) >= 11 is 0. The number of anilines is 1. The van der Waals surface area contributed by atoms with Gasteiger partial charge in [-0.2, -0.15) is 5.10 Å². The van der Waals surface area contributed by atoms with Crippen molar-refractivity contribution in [1.29, 1.82) is 0 Å². The molecule has 0 amide bonds. The van der Waals surface area contributed by atoms with Crippen LogP contribution in [0.1, 0.15) is 12.2 Å². The Kier molecular flexibility index (Phi) is 2.70. The van der Waals surface area contributed by atoms with Crippen LogP contribution in [-0.4, -0.2) is 33.0 Å². The van der Waals surface area contributed by atoms with E-state index in [4.69, 9.17) is 15.2 Å². The Bertz CT molecular complexity index is 749. The average Bonchev–Trinajstić information content (AvgIpc) is 2.96. The van der Waals surface area contributed by atoms with E-state index in [1.54, 1.807) is 17.1 Å². The van der Waals surface area contributed by atoms with Crippen molar-refractivity contribution in [3.05, 3.63) is 30.4 Å². The highest BCUT2D eigenvalue weighted by Crippen LogP contribution is 2.33. The summed E-state index contributed by atoms with van der Waals surface area (Å²) in [4.78, 5) is 7.84. The van der Waals surface area contributed by atoms with Crippen LogP contribution in [0.15, 0.2) is 24.5 Å². The van der Waals surface area contributed by atoms with Crippen molar-refractivity contribution in [1.82, 2.24) is 19.7 Å². The van der Waals surface area contributed by atoms with Gasteiger partial charge in [-0.15, -0.1) is 0 Å². The minimum absolute atomic E-state index is 0.540. The quantitative estimate of drug-likeness (QED) is 0.745. The summed E-state index contributed by atoms with van der Waals surface area (Å²) in [5.41, 5.74) is 8.08.